The quantitative estimate of drug-likeness (QED) is 0.813. The molecule has 2 aromatic rings. The number of hydrogen-bond acceptors (Lipinski definition) is 3. The van der Waals surface area contributed by atoms with Crippen LogP contribution in [0.5, 0.6) is 0 Å². The molecule has 1 N–H and O–H groups in total. The highest BCUT2D eigenvalue weighted by atomic mass is 16.1. The topological polar surface area (TPSA) is 64.7 Å². The molecule has 0 aromatic carbocycles. The van der Waals surface area contributed by atoms with Crippen LogP contribution in [-0.4, -0.2) is 25.5 Å². The van der Waals surface area contributed by atoms with Crippen molar-refractivity contribution in [3.63, 3.8) is 0 Å². The molecule has 1 atom stereocenters. The van der Waals surface area contributed by atoms with Crippen LogP contribution in [-0.2, 0) is 18.9 Å². The van der Waals surface area contributed by atoms with Crippen molar-refractivity contribution in [1.82, 2.24) is 19.6 Å². The summed E-state index contributed by atoms with van der Waals surface area (Å²) in [6.07, 6.45) is 4.26. The molecule has 0 spiro atoms. The monoisotopic (exact) mass is 245 g/mol. The maximum Gasteiger partial charge on any atom is 0.226 e. The standard InChI is InChI=1S/C12H15N5O/c1-7-10(6-16(2)15-7)8-4-11(18)14-12-9(8)5-13-17(12)3/h5-6,8H,4H2,1-3H3,(H,14,18)/t8-/m0/s1. The van der Waals surface area contributed by atoms with E-state index in [1.807, 2.05) is 33.4 Å². The second-order valence-corrected chi connectivity index (χ2v) is 4.72. The van der Waals surface area contributed by atoms with Crippen molar-refractivity contribution in [3.8, 4) is 0 Å². The average Bonchev–Trinajstić information content (AvgIpc) is 2.82. The van der Waals surface area contributed by atoms with Crippen molar-refractivity contribution in [3.05, 3.63) is 29.2 Å². The van der Waals surface area contributed by atoms with Gasteiger partial charge in [-0.3, -0.25) is 14.2 Å². The summed E-state index contributed by atoms with van der Waals surface area (Å²) in [7, 11) is 3.72. The molecule has 0 radical (unpaired) electrons. The van der Waals surface area contributed by atoms with Crippen molar-refractivity contribution < 1.29 is 4.79 Å². The first-order valence-corrected chi connectivity index (χ1v) is 5.88. The number of nitrogens with one attached hydrogen (secondary N) is 1. The van der Waals surface area contributed by atoms with Crippen LogP contribution in [0.3, 0.4) is 0 Å². The lowest BCUT2D eigenvalue weighted by Crippen LogP contribution is -2.24. The molecule has 1 aliphatic rings. The number of carbonyl (C=O) groups excluding carboxylic acids is 1. The van der Waals surface area contributed by atoms with Gasteiger partial charge in [0, 0.05) is 43.8 Å². The molecule has 0 saturated heterocycles. The van der Waals surface area contributed by atoms with Crippen molar-refractivity contribution in [2.45, 2.75) is 19.3 Å². The lowest BCUT2D eigenvalue weighted by molar-refractivity contribution is -0.116. The summed E-state index contributed by atoms with van der Waals surface area (Å²) >= 11 is 0. The van der Waals surface area contributed by atoms with Crippen LogP contribution in [0.25, 0.3) is 0 Å². The summed E-state index contributed by atoms with van der Waals surface area (Å²) in [5.41, 5.74) is 3.13. The Kier molecular flexibility index (Phi) is 2.26. The summed E-state index contributed by atoms with van der Waals surface area (Å²) in [5, 5.41) is 11.4. The van der Waals surface area contributed by atoms with E-state index < -0.39 is 0 Å². The van der Waals surface area contributed by atoms with Crippen molar-refractivity contribution in [2.24, 2.45) is 14.1 Å². The van der Waals surface area contributed by atoms with Crippen LogP contribution >= 0.6 is 0 Å². The number of carbonyl (C=O) groups is 1. The largest absolute Gasteiger partial charge is 0.311 e. The molecule has 6 heteroatoms. The highest BCUT2D eigenvalue weighted by Crippen LogP contribution is 2.37. The van der Waals surface area contributed by atoms with E-state index in [0.29, 0.717) is 6.42 Å². The van der Waals surface area contributed by atoms with Gasteiger partial charge in [-0.15, -0.1) is 0 Å². The Morgan fingerprint density at radius 1 is 1.39 bits per heavy atom. The third-order valence-corrected chi connectivity index (χ3v) is 3.42. The van der Waals surface area contributed by atoms with E-state index in [9.17, 15) is 4.79 Å². The molecule has 3 rings (SSSR count). The lowest BCUT2D eigenvalue weighted by atomic mass is 9.88. The Morgan fingerprint density at radius 2 is 2.17 bits per heavy atom. The minimum absolute atomic E-state index is 0.0272. The van der Waals surface area contributed by atoms with Crippen LogP contribution in [0.2, 0.25) is 0 Å². The molecule has 0 aliphatic carbocycles. The summed E-state index contributed by atoms with van der Waals surface area (Å²) in [4.78, 5) is 11.8. The fourth-order valence-electron chi connectivity index (χ4n) is 2.58. The van der Waals surface area contributed by atoms with Crippen LogP contribution in [0, 0.1) is 6.92 Å². The molecular formula is C12H15N5O. The van der Waals surface area contributed by atoms with Crippen molar-refractivity contribution in [2.75, 3.05) is 5.32 Å². The van der Waals surface area contributed by atoms with Gasteiger partial charge in [-0.25, -0.2) is 0 Å². The molecule has 0 saturated carbocycles. The Hall–Kier alpha value is -2.11. The van der Waals surface area contributed by atoms with Gasteiger partial charge >= 0.3 is 0 Å². The molecular weight excluding hydrogens is 230 g/mol. The van der Waals surface area contributed by atoms with Gasteiger partial charge in [0.05, 0.1) is 11.9 Å². The molecule has 1 amide bonds. The number of nitrogens with zero attached hydrogens (tertiary/aromatic N) is 4. The highest BCUT2D eigenvalue weighted by molar-refractivity contribution is 5.94. The SMILES string of the molecule is Cc1nn(C)cc1[C@H]1CC(=O)Nc2c1cnn2C. The van der Waals surface area contributed by atoms with E-state index in [1.165, 1.54) is 0 Å². The fourth-order valence-corrected chi connectivity index (χ4v) is 2.58. The zero-order valence-corrected chi connectivity index (χ0v) is 10.6. The van der Waals surface area contributed by atoms with Gasteiger partial charge in [-0.05, 0) is 6.92 Å². The van der Waals surface area contributed by atoms with Crippen molar-refractivity contribution >= 4 is 11.7 Å². The zero-order chi connectivity index (χ0) is 12.9. The second-order valence-electron chi connectivity index (χ2n) is 4.72. The molecule has 18 heavy (non-hydrogen) atoms. The number of rotatable bonds is 1. The first kappa shape index (κ1) is 11.0. The van der Waals surface area contributed by atoms with E-state index >= 15 is 0 Å². The maximum absolute atomic E-state index is 11.8. The third-order valence-electron chi connectivity index (χ3n) is 3.42. The van der Waals surface area contributed by atoms with Crippen LogP contribution in [0.4, 0.5) is 5.82 Å². The molecule has 1 aliphatic heterocycles. The van der Waals surface area contributed by atoms with Gasteiger partial charge in [0.2, 0.25) is 5.91 Å². The van der Waals surface area contributed by atoms with E-state index in [2.05, 4.69) is 15.5 Å². The normalized spacial score (nSPS) is 18.6. The molecule has 6 nitrogen and oxygen atoms in total. The summed E-state index contributed by atoms with van der Waals surface area (Å²) < 4.78 is 3.48. The van der Waals surface area contributed by atoms with Gasteiger partial charge in [-0.2, -0.15) is 10.2 Å². The average molecular weight is 245 g/mol. The molecule has 3 heterocycles. The van der Waals surface area contributed by atoms with E-state index in [0.717, 1.165) is 22.6 Å². The van der Waals surface area contributed by atoms with Gasteiger partial charge in [0.15, 0.2) is 0 Å². The minimum Gasteiger partial charge on any atom is -0.311 e. The summed E-state index contributed by atoms with van der Waals surface area (Å²) in [6.45, 7) is 1.97. The van der Waals surface area contributed by atoms with Crippen LogP contribution in [0.15, 0.2) is 12.4 Å². The van der Waals surface area contributed by atoms with Gasteiger partial charge in [-0.1, -0.05) is 0 Å². The summed E-state index contributed by atoms with van der Waals surface area (Å²) in [5.74, 6) is 0.870. The van der Waals surface area contributed by atoms with E-state index in [-0.39, 0.29) is 11.8 Å². The van der Waals surface area contributed by atoms with Crippen molar-refractivity contribution in [1.29, 1.82) is 0 Å². The Bertz CT molecular complexity index is 624. The third kappa shape index (κ3) is 1.53. The number of aromatic nitrogens is 4. The van der Waals surface area contributed by atoms with E-state index in [1.54, 1.807) is 9.36 Å². The Labute approximate surface area is 105 Å². The van der Waals surface area contributed by atoms with Gasteiger partial charge < -0.3 is 5.32 Å². The fraction of sp³-hybridized carbons (Fsp3) is 0.417. The highest BCUT2D eigenvalue weighted by Gasteiger charge is 2.31. The lowest BCUT2D eigenvalue weighted by Gasteiger charge is -2.22. The first-order valence-electron chi connectivity index (χ1n) is 5.88. The first-order chi connectivity index (χ1) is 8.56. The molecule has 94 valence electrons. The number of fused-ring (bicyclic) bond motifs is 1. The van der Waals surface area contributed by atoms with Gasteiger partial charge in [0.1, 0.15) is 5.82 Å². The second kappa shape index (κ2) is 3.69. The smallest absolute Gasteiger partial charge is 0.226 e. The zero-order valence-electron chi connectivity index (χ0n) is 10.6. The van der Waals surface area contributed by atoms with E-state index in [4.69, 9.17) is 0 Å². The number of hydrogen-bond donors (Lipinski definition) is 1. The number of anilines is 1. The molecule has 0 unspecified atom stereocenters. The summed E-state index contributed by atoms with van der Waals surface area (Å²) in [6, 6.07) is 0. The number of amides is 1. The minimum atomic E-state index is 0.0272. The predicted molar refractivity (Wildman–Crippen MR) is 66.2 cm³/mol. The van der Waals surface area contributed by atoms with Gasteiger partial charge in [0.25, 0.3) is 0 Å². The Morgan fingerprint density at radius 3 is 2.83 bits per heavy atom. The maximum atomic E-state index is 11.8. The van der Waals surface area contributed by atoms with Crippen LogP contribution in [0.1, 0.15) is 29.2 Å². The van der Waals surface area contributed by atoms with Crippen LogP contribution < -0.4 is 5.32 Å². The number of aryl methyl sites for hydroxylation is 3. The molecule has 0 fully saturated rings. The Balaban J connectivity index is 2.13. The predicted octanol–water partition coefficient (Wildman–Crippen LogP) is 0.936. The molecule has 2 aromatic heterocycles. The molecule has 0 bridgehead atoms.